The predicted octanol–water partition coefficient (Wildman–Crippen LogP) is 1.15. The number of carbonyl (C=O) groups is 1. The van der Waals surface area contributed by atoms with E-state index in [2.05, 4.69) is 20.8 Å². The van der Waals surface area contributed by atoms with Gasteiger partial charge in [-0.1, -0.05) is 0 Å². The number of carbonyl (C=O) groups excluding carboxylic acids is 1. The molecular weight excluding hydrogens is 220 g/mol. The van der Waals surface area contributed by atoms with Crippen LogP contribution in [0.3, 0.4) is 0 Å². The maximum absolute atomic E-state index is 11.5. The smallest absolute Gasteiger partial charge is 0.357 e. The van der Waals surface area contributed by atoms with Crippen LogP contribution < -0.4 is 21.8 Å². The number of anilines is 3. The molecule has 17 heavy (non-hydrogen) atoms. The highest BCUT2D eigenvalue weighted by atomic mass is 16.7. The van der Waals surface area contributed by atoms with Gasteiger partial charge in [0.2, 0.25) is 0 Å². The van der Waals surface area contributed by atoms with E-state index < -0.39 is 5.97 Å². The summed E-state index contributed by atoms with van der Waals surface area (Å²) in [6.45, 7) is 1.83. The zero-order valence-corrected chi connectivity index (χ0v) is 10.5. The van der Waals surface area contributed by atoms with Gasteiger partial charge in [0.25, 0.3) is 0 Å². The summed E-state index contributed by atoms with van der Waals surface area (Å²) < 4.78 is 0. The minimum Gasteiger partial charge on any atom is -0.386 e. The lowest BCUT2D eigenvalue weighted by molar-refractivity contribution is 0.0502. The summed E-state index contributed by atoms with van der Waals surface area (Å²) in [5, 5.41) is 9.16. The normalized spacial score (nSPS) is 9.71. The van der Waals surface area contributed by atoms with Gasteiger partial charge in [-0.2, -0.15) is 5.90 Å². The van der Waals surface area contributed by atoms with Gasteiger partial charge in [-0.15, -0.1) is 0 Å². The van der Waals surface area contributed by atoms with Gasteiger partial charge in [-0.3, -0.25) is 0 Å². The van der Waals surface area contributed by atoms with E-state index in [0.29, 0.717) is 5.56 Å². The van der Waals surface area contributed by atoms with Crippen LogP contribution in [0.25, 0.3) is 0 Å². The summed E-state index contributed by atoms with van der Waals surface area (Å²) >= 11 is 0. The third-order valence-electron chi connectivity index (χ3n) is 2.68. The Kier molecular flexibility index (Phi) is 4.17. The lowest BCUT2D eigenvalue weighted by Gasteiger charge is -2.18. The number of nitrogens with two attached hydrogens (primary N) is 1. The van der Waals surface area contributed by atoms with E-state index in [4.69, 9.17) is 5.90 Å². The first-order valence-electron chi connectivity index (χ1n) is 5.22. The first-order valence-corrected chi connectivity index (χ1v) is 5.22. The average molecular weight is 238 g/mol. The first kappa shape index (κ1) is 13.1. The average Bonchev–Trinajstić information content (AvgIpc) is 2.36. The SMILES string of the molecule is CNc1cc(C(=O)ON)c(C)c(NC)c1NC. The molecule has 0 saturated heterocycles. The minimum atomic E-state index is -0.557. The van der Waals surface area contributed by atoms with Crippen LogP contribution in [0.2, 0.25) is 0 Å². The van der Waals surface area contributed by atoms with Crippen LogP contribution in [0.15, 0.2) is 6.07 Å². The van der Waals surface area contributed by atoms with Crippen molar-refractivity contribution in [3.8, 4) is 0 Å². The Bertz CT molecular complexity index is 432. The minimum absolute atomic E-state index is 0.431. The van der Waals surface area contributed by atoms with Crippen molar-refractivity contribution in [2.75, 3.05) is 37.1 Å². The Balaban J connectivity index is 3.50. The summed E-state index contributed by atoms with van der Waals surface area (Å²) in [7, 11) is 5.39. The van der Waals surface area contributed by atoms with Gasteiger partial charge < -0.3 is 20.8 Å². The number of rotatable bonds is 4. The quantitative estimate of drug-likeness (QED) is 0.588. The Labute approximate surface area is 100 Å². The molecule has 1 aromatic rings. The maximum Gasteiger partial charge on any atom is 0.357 e. The van der Waals surface area contributed by atoms with E-state index in [1.165, 1.54) is 0 Å². The van der Waals surface area contributed by atoms with Crippen LogP contribution in [0, 0.1) is 6.92 Å². The number of benzene rings is 1. The fourth-order valence-corrected chi connectivity index (χ4v) is 1.83. The van der Waals surface area contributed by atoms with Crippen molar-refractivity contribution in [3.63, 3.8) is 0 Å². The molecule has 0 radical (unpaired) electrons. The van der Waals surface area contributed by atoms with Gasteiger partial charge in [0.05, 0.1) is 22.6 Å². The van der Waals surface area contributed by atoms with Crippen molar-refractivity contribution >= 4 is 23.0 Å². The van der Waals surface area contributed by atoms with Crippen molar-refractivity contribution in [3.05, 3.63) is 17.2 Å². The molecule has 0 bridgehead atoms. The molecule has 5 N–H and O–H groups in total. The molecule has 0 aliphatic heterocycles. The molecule has 6 nitrogen and oxygen atoms in total. The highest BCUT2D eigenvalue weighted by molar-refractivity contribution is 5.98. The largest absolute Gasteiger partial charge is 0.386 e. The predicted molar refractivity (Wildman–Crippen MR) is 69.4 cm³/mol. The van der Waals surface area contributed by atoms with E-state index in [1.54, 1.807) is 20.2 Å². The molecule has 0 heterocycles. The highest BCUT2D eigenvalue weighted by Crippen LogP contribution is 2.35. The molecule has 0 aliphatic rings. The molecule has 0 aliphatic carbocycles. The van der Waals surface area contributed by atoms with Gasteiger partial charge in [0.1, 0.15) is 0 Å². The van der Waals surface area contributed by atoms with Crippen LogP contribution in [-0.2, 0) is 4.84 Å². The van der Waals surface area contributed by atoms with Gasteiger partial charge in [-0.05, 0) is 18.6 Å². The second-order valence-electron chi connectivity index (χ2n) is 3.50. The molecule has 0 atom stereocenters. The Hall–Kier alpha value is -1.95. The Morgan fingerprint density at radius 1 is 1.18 bits per heavy atom. The van der Waals surface area contributed by atoms with Crippen LogP contribution >= 0.6 is 0 Å². The summed E-state index contributed by atoms with van der Waals surface area (Å²) in [4.78, 5) is 15.8. The van der Waals surface area contributed by atoms with Crippen molar-refractivity contribution in [1.82, 2.24) is 0 Å². The molecule has 1 rings (SSSR count). The molecular formula is C11H18N4O2. The number of nitrogens with one attached hydrogen (secondary N) is 3. The summed E-state index contributed by atoms with van der Waals surface area (Å²) in [6, 6.07) is 1.71. The van der Waals surface area contributed by atoms with Gasteiger partial charge >= 0.3 is 5.97 Å². The molecule has 0 spiro atoms. The van der Waals surface area contributed by atoms with E-state index >= 15 is 0 Å². The standard InChI is InChI=1S/C11H18N4O2/c1-6-7(11(16)17-12)5-8(13-2)10(15-4)9(6)14-3/h5,13-15H,12H2,1-4H3. The lowest BCUT2D eigenvalue weighted by Crippen LogP contribution is -2.14. The van der Waals surface area contributed by atoms with Crippen LogP contribution in [0.1, 0.15) is 15.9 Å². The molecule has 0 unspecified atom stereocenters. The maximum atomic E-state index is 11.5. The van der Waals surface area contributed by atoms with Gasteiger partial charge in [0, 0.05) is 21.1 Å². The molecule has 1 aromatic carbocycles. The molecule has 0 aromatic heterocycles. The van der Waals surface area contributed by atoms with Gasteiger partial charge in [-0.25, -0.2) is 4.79 Å². The second-order valence-corrected chi connectivity index (χ2v) is 3.50. The molecule has 6 heteroatoms. The first-order chi connectivity index (χ1) is 8.10. The number of hydrogen-bond acceptors (Lipinski definition) is 6. The van der Waals surface area contributed by atoms with E-state index in [1.807, 2.05) is 14.0 Å². The van der Waals surface area contributed by atoms with Gasteiger partial charge in [0.15, 0.2) is 0 Å². The summed E-state index contributed by atoms with van der Waals surface area (Å²) in [5.41, 5.74) is 3.73. The fourth-order valence-electron chi connectivity index (χ4n) is 1.83. The van der Waals surface area contributed by atoms with Crippen molar-refractivity contribution in [2.24, 2.45) is 5.90 Å². The highest BCUT2D eigenvalue weighted by Gasteiger charge is 2.18. The second kappa shape index (κ2) is 5.40. The van der Waals surface area contributed by atoms with Crippen molar-refractivity contribution < 1.29 is 9.63 Å². The van der Waals surface area contributed by atoms with Crippen molar-refractivity contribution in [1.29, 1.82) is 0 Å². The van der Waals surface area contributed by atoms with Crippen LogP contribution in [0.5, 0.6) is 0 Å². The third kappa shape index (κ3) is 2.26. The topological polar surface area (TPSA) is 88.4 Å². The van der Waals surface area contributed by atoms with Crippen LogP contribution in [-0.4, -0.2) is 27.1 Å². The number of hydrogen-bond donors (Lipinski definition) is 4. The van der Waals surface area contributed by atoms with Crippen molar-refractivity contribution in [2.45, 2.75) is 6.92 Å². The molecule has 0 amide bonds. The summed E-state index contributed by atoms with van der Waals surface area (Å²) in [6.07, 6.45) is 0. The summed E-state index contributed by atoms with van der Waals surface area (Å²) in [5.74, 6) is 4.36. The van der Waals surface area contributed by atoms with Crippen LogP contribution in [0.4, 0.5) is 17.1 Å². The molecule has 0 fully saturated rings. The Morgan fingerprint density at radius 2 is 1.76 bits per heavy atom. The zero-order chi connectivity index (χ0) is 13.0. The monoisotopic (exact) mass is 238 g/mol. The Morgan fingerprint density at radius 3 is 2.18 bits per heavy atom. The third-order valence-corrected chi connectivity index (χ3v) is 2.68. The fraction of sp³-hybridized carbons (Fsp3) is 0.364. The molecule has 0 saturated carbocycles. The van der Waals surface area contributed by atoms with E-state index in [0.717, 1.165) is 22.6 Å². The molecule has 94 valence electrons. The lowest BCUT2D eigenvalue weighted by atomic mass is 10.0. The van der Waals surface area contributed by atoms with E-state index in [9.17, 15) is 4.79 Å². The van der Waals surface area contributed by atoms with E-state index in [-0.39, 0.29) is 0 Å². The zero-order valence-electron chi connectivity index (χ0n) is 10.5.